The largest absolute Gasteiger partial charge is 0.378 e. The molecule has 7 heteroatoms. The molecule has 1 aromatic heterocycles. The number of hydrogen-bond donors (Lipinski definition) is 2. The van der Waals surface area contributed by atoms with E-state index in [0.717, 1.165) is 13.1 Å². The Morgan fingerprint density at radius 1 is 1.74 bits per heavy atom. The summed E-state index contributed by atoms with van der Waals surface area (Å²) < 4.78 is 6.61. The third-order valence-electron chi connectivity index (χ3n) is 3.09. The molecule has 0 saturated carbocycles. The average molecular weight is 285 g/mol. The molecule has 19 heavy (non-hydrogen) atoms. The van der Waals surface area contributed by atoms with Crippen LogP contribution in [-0.2, 0) is 11.3 Å². The summed E-state index contributed by atoms with van der Waals surface area (Å²) >= 11 is 6.07. The summed E-state index contributed by atoms with van der Waals surface area (Å²) in [5.41, 5.74) is 0.203. The highest BCUT2D eigenvalue weighted by atomic mass is 35.5. The van der Waals surface area contributed by atoms with Gasteiger partial charge in [-0.3, -0.25) is 4.79 Å². The van der Waals surface area contributed by atoms with Crippen LogP contribution < -0.4 is 16.2 Å². The van der Waals surface area contributed by atoms with Gasteiger partial charge in [-0.1, -0.05) is 17.7 Å². The van der Waals surface area contributed by atoms with Crippen molar-refractivity contribution in [3.8, 4) is 0 Å². The van der Waals surface area contributed by atoms with Gasteiger partial charge in [0.2, 0.25) is 0 Å². The van der Waals surface area contributed by atoms with Gasteiger partial charge in [0.15, 0.2) is 0 Å². The molecule has 1 aliphatic rings. The number of methoxy groups -OCH3 is 1. The zero-order valence-corrected chi connectivity index (χ0v) is 11.5. The monoisotopic (exact) mass is 284 g/mol. The Morgan fingerprint density at radius 2 is 2.53 bits per heavy atom. The first-order valence-corrected chi connectivity index (χ1v) is 6.41. The Labute approximate surface area is 116 Å². The van der Waals surface area contributed by atoms with Crippen LogP contribution in [0.5, 0.6) is 0 Å². The second kappa shape index (κ2) is 6.18. The van der Waals surface area contributed by atoms with Gasteiger partial charge in [-0.2, -0.15) is 5.10 Å². The quantitative estimate of drug-likeness (QED) is 0.770. The summed E-state index contributed by atoms with van der Waals surface area (Å²) in [5.74, 6) is 0. The number of ether oxygens (including phenoxy) is 1. The first kappa shape index (κ1) is 14.0. The zero-order chi connectivity index (χ0) is 13.8. The molecule has 0 spiro atoms. The summed E-state index contributed by atoms with van der Waals surface area (Å²) in [6.45, 7) is 5.43. The topological polar surface area (TPSA) is 68.2 Å². The van der Waals surface area contributed by atoms with Crippen molar-refractivity contribution in [2.45, 2.75) is 18.7 Å². The van der Waals surface area contributed by atoms with E-state index in [-0.39, 0.29) is 22.7 Å². The Hall–Kier alpha value is -1.37. The number of hydrogen-bond acceptors (Lipinski definition) is 5. The van der Waals surface area contributed by atoms with Crippen molar-refractivity contribution in [2.24, 2.45) is 0 Å². The van der Waals surface area contributed by atoms with Gasteiger partial charge in [0.1, 0.15) is 5.02 Å². The first-order chi connectivity index (χ1) is 9.17. The highest BCUT2D eigenvalue weighted by Crippen LogP contribution is 2.19. The van der Waals surface area contributed by atoms with Crippen LogP contribution in [0.3, 0.4) is 0 Å². The zero-order valence-electron chi connectivity index (χ0n) is 10.7. The van der Waals surface area contributed by atoms with Crippen molar-refractivity contribution in [3.05, 3.63) is 34.2 Å². The second-order valence-corrected chi connectivity index (χ2v) is 4.71. The Bertz CT molecular complexity index is 517. The van der Waals surface area contributed by atoms with E-state index >= 15 is 0 Å². The van der Waals surface area contributed by atoms with Crippen LogP contribution >= 0.6 is 11.6 Å². The van der Waals surface area contributed by atoms with Gasteiger partial charge in [0, 0.05) is 20.2 Å². The second-order valence-electron chi connectivity index (χ2n) is 4.33. The normalized spacial score (nSPS) is 22.4. The number of halogens is 1. The van der Waals surface area contributed by atoms with Crippen LogP contribution in [0.25, 0.3) is 0 Å². The lowest BCUT2D eigenvalue weighted by atomic mass is 10.2. The molecule has 6 nitrogen and oxygen atoms in total. The van der Waals surface area contributed by atoms with Crippen molar-refractivity contribution in [1.29, 1.82) is 0 Å². The molecule has 0 amide bonds. The van der Waals surface area contributed by atoms with E-state index in [0.29, 0.717) is 12.2 Å². The average Bonchev–Trinajstić information content (AvgIpc) is 2.86. The molecule has 0 radical (unpaired) electrons. The summed E-state index contributed by atoms with van der Waals surface area (Å²) in [7, 11) is 1.66. The third kappa shape index (κ3) is 2.97. The number of allylic oxidation sites excluding steroid dienone is 1. The van der Waals surface area contributed by atoms with E-state index in [2.05, 4.69) is 22.3 Å². The minimum atomic E-state index is -0.327. The van der Waals surface area contributed by atoms with E-state index in [1.54, 1.807) is 19.4 Å². The SMILES string of the molecule is C=CCn1ncc(NC2CNC[C@@H]2OC)c(Cl)c1=O. The minimum absolute atomic E-state index is 0.0478. The summed E-state index contributed by atoms with van der Waals surface area (Å²) in [6, 6.07) is 0.0685. The van der Waals surface area contributed by atoms with Gasteiger partial charge in [-0.05, 0) is 0 Å². The highest BCUT2D eigenvalue weighted by molar-refractivity contribution is 6.32. The van der Waals surface area contributed by atoms with Gasteiger partial charge >= 0.3 is 0 Å². The molecule has 1 aromatic rings. The van der Waals surface area contributed by atoms with E-state index in [1.807, 2.05) is 0 Å². The van der Waals surface area contributed by atoms with Crippen LogP contribution in [0, 0.1) is 0 Å². The predicted octanol–water partition coefficient (Wildman–Crippen LogP) is 0.481. The molecule has 2 atom stereocenters. The van der Waals surface area contributed by atoms with Crippen LogP contribution in [0.2, 0.25) is 5.02 Å². The molecule has 1 fully saturated rings. The minimum Gasteiger partial charge on any atom is -0.378 e. The van der Waals surface area contributed by atoms with Crippen molar-refractivity contribution >= 4 is 17.3 Å². The maximum atomic E-state index is 11.9. The molecule has 0 aromatic carbocycles. The molecule has 1 saturated heterocycles. The van der Waals surface area contributed by atoms with Crippen LogP contribution in [0.15, 0.2) is 23.6 Å². The van der Waals surface area contributed by atoms with Crippen LogP contribution in [-0.4, -0.2) is 42.1 Å². The summed E-state index contributed by atoms with van der Waals surface area (Å²) in [6.07, 6.45) is 3.20. The van der Waals surface area contributed by atoms with Gasteiger partial charge in [0.25, 0.3) is 5.56 Å². The summed E-state index contributed by atoms with van der Waals surface area (Å²) in [5, 5.41) is 10.6. The Kier molecular flexibility index (Phi) is 4.57. The fraction of sp³-hybridized carbons (Fsp3) is 0.500. The number of rotatable bonds is 5. The van der Waals surface area contributed by atoms with Crippen molar-refractivity contribution < 1.29 is 4.74 Å². The van der Waals surface area contributed by atoms with Crippen LogP contribution in [0.1, 0.15) is 0 Å². The molecule has 2 N–H and O–H groups in total. The van der Waals surface area contributed by atoms with Crippen molar-refractivity contribution in [1.82, 2.24) is 15.1 Å². The molecule has 104 valence electrons. The molecule has 2 heterocycles. The number of anilines is 1. The van der Waals surface area contributed by atoms with E-state index in [9.17, 15) is 4.79 Å². The molecule has 2 rings (SSSR count). The van der Waals surface area contributed by atoms with Gasteiger partial charge in [-0.25, -0.2) is 4.68 Å². The smallest absolute Gasteiger partial charge is 0.287 e. The predicted molar refractivity (Wildman–Crippen MR) is 74.8 cm³/mol. The Morgan fingerprint density at radius 3 is 3.21 bits per heavy atom. The number of nitrogens with one attached hydrogen (secondary N) is 2. The van der Waals surface area contributed by atoms with E-state index in [4.69, 9.17) is 16.3 Å². The lowest BCUT2D eigenvalue weighted by Gasteiger charge is -2.20. The Balaban J connectivity index is 2.19. The van der Waals surface area contributed by atoms with Gasteiger partial charge < -0.3 is 15.4 Å². The lowest BCUT2D eigenvalue weighted by molar-refractivity contribution is 0.111. The molecule has 0 bridgehead atoms. The van der Waals surface area contributed by atoms with Gasteiger partial charge in [0.05, 0.1) is 30.6 Å². The summed E-state index contributed by atoms with van der Waals surface area (Å²) in [4.78, 5) is 11.9. The molecule has 0 aliphatic carbocycles. The van der Waals surface area contributed by atoms with Gasteiger partial charge in [-0.15, -0.1) is 6.58 Å². The molecular weight excluding hydrogens is 268 g/mol. The lowest BCUT2D eigenvalue weighted by Crippen LogP contribution is -2.34. The first-order valence-electron chi connectivity index (χ1n) is 6.04. The maximum Gasteiger partial charge on any atom is 0.287 e. The van der Waals surface area contributed by atoms with Crippen molar-refractivity contribution in [2.75, 3.05) is 25.5 Å². The van der Waals surface area contributed by atoms with E-state index in [1.165, 1.54) is 4.68 Å². The molecular formula is C12H17ClN4O2. The maximum absolute atomic E-state index is 11.9. The number of aromatic nitrogens is 2. The fourth-order valence-electron chi connectivity index (χ4n) is 2.06. The standard InChI is InChI=1S/C12H17ClN4O2/c1-3-4-17-12(18)11(13)9(6-15-17)16-8-5-14-7-10(8)19-2/h3,6,8,10,14,16H,1,4-5,7H2,2H3/t8?,10-/m0/s1. The fourth-order valence-corrected chi connectivity index (χ4v) is 2.27. The van der Waals surface area contributed by atoms with Crippen molar-refractivity contribution in [3.63, 3.8) is 0 Å². The number of nitrogens with zero attached hydrogens (tertiary/aromatic N) is 2. The third-order valence-corrected chi connectivity index (χ3v) is 3.45. The van der Waals surface area contributed by atoms with E-state index < -0.39 is 0 Å². The highest BCUT2D eigenvalue weighted by Gasteiger charge is 2.27. The molecule has 1 unspecified atom stereocenters. The van der Waals surface area contributed by atoms with Crippen LogP contribution in [0.4, 0.5) is 5.69 Å². The molecule has 1 aliphatic heterocycles.